The van der Waals surface area contributed by atoms with Crippen LogP contribution in [0.25, 0.3) is 5.69 Å². The fourth-order valence-corrected chi connectivity index (χ4v) is 5.52. The van der Waals surface area contributed by atoms with Gasteiger partial charge >= 0.3 is 0 Å². The van der Waals surface area contributed by atoms with Crippen LogP contribution in [0.5, 0.6) is 11.5 Å². The second-order valence-corrected chi connectivity index (χ2v) is 10.5. The molecule has 0 aliphatic carbocycles. The number of rotatable bonds is 11. The predicted molar refractivity (Wildman–Crippen MR) is 147 cm³/mol. The Morgan fingerprint density at radius 2 is 1.79 bits per heavy atom. The normalized spacial score (nSPS) is 11.8. The molecule has 4 rings (SSSR count). The fourth-order valence-electron chi connectivity index (χ4n) is 3.80. The summed E-state index contributed by atoms with van der Waals surface area (Å²) in [5, 5.41) is 20.2. The lowest BCUT2D eigenvalue weighted by molar-refractivity contribution is -0.479. The van der Waals surface area contributed by atoms with Gasteiger partial charge in [-0.3, -0.25) is 14.7 Å². The van der Waals surface area contributed by atoms with Crippen molar-refractivity contribution in [3.63, 3.8) is 0 Å². The molecule has 38 heavy (non-hydrogen) atoms. The van der Waals surface area contributed by atoms with E-state index in [0.717, 1.165) is 16.8 Å². The highest BCUT2D eigenvalue weighted by Crippen LogP contribution is 2.43. The summed E-state index contributed by atoms with van der Waals surface area (Å²) in [7, 11) is 0. The Kier molecular flexibility index (Phi) is 9.01. The number of nitro groups is 1. The SMILES string of the molecule is CCOc1cc([C@@H](C[N+](=O)[O-])Sc2nnc(C)n2-c2ccc(C)cc2)cc(Br)c1OCc1ccc(F)cc1. The van der Waals surface area contributed by atoms with E-state index in [1.807, 2.05) is 49.6 Å². The van der Waals surface area contributed by atoms with Crippen LogP contribution >= 0.6 is 27.7 Å². The molecule has 1 atom stereocenters. The first-order valence-corrected chi connectivity index (χ1v) is 13.5. The van der Waals surface area contributed by atoms with E-state index in [2.05, 4.69) is 26.1 Å². The Hall–Kier alpha value is -3.44. The number of aryl methyl sites for hydroxylation is 2. The number of thioether (sulfide) groups is 1. The molecular weight excluding hydrogens is 575 g/mol. The minimum Gasteiger partial charge on any atom is -0.490 e. The van der Waals surface area contributed by atoms with Gasteiger partial charge in [0.1, 0.15) is 23.5 Å². The summed E-state index contributed by atoms with van der Waals surface area (Å²) < 4.78 is 27.6. The van der Waals surface area contributed by atoms with Crippen molar-refractivity contribution in [3.8, 4) is 17.2 Å². The van der Waals surface area contributed by atoms with Crippen LogP contribution in [0.4, 0.5) is 4.39 Å². The fraction of sp³-hybridized carbons (Fsp3) is 0.259. The molecule has 0 saturated carbocycles. The summed E-state index contributed by atoms with van der Waals surface area (Å²) in [5.74, 6) is 1.27. The van der Waals surface area contributed by atoms with Gasteiger partial charge in [0.25, 0.3) is 0 Å². The molecule has 0 N–H and O–H groups in total. The van der Waals surface area contributed by atoms with E-state index in [-0.39, 0.29) is 23.9 Å². The topological polar surface area (TPSA) is 92.3 Å². The number of aromatic nitrogens is 3. The van der Waals surface area contributed by atoms with Crippen LogP contribution in [0.3, 0.4) is 0 Å². The van der Waals surface area contributed by atoms with E-state index >= 15 is 0 Å². The summed E-state index contributed by atoms with van der Waals surface area (Å²) >= 11 is 4.82. The highest BCUT2D eigenvalue weighted by molar-refractivity contribution is 9.10. The maximum Gasteiger partial charge on any atom is 0.220 e. The zero-order valence-electron chi connectivity index (χ0n) is 21.1. The van der Waals surface area contributed by atoms with Crippen molar-refractivity contribution in [1.29, 1.82) is 0 Å². The molecule has 4 aromatic rings. The van der Waals surface area contributed by atoms with Crippen molar-refractivity contribution in [2.75, 3.05) is 13.2 Å². The molecule has 1 aromatic heterocycles. The second kappa shape index (κ2) is 12.4. The minimum absolute atomic E-state index is 0.199. The first-order chi connectivity index (χ1) is 18.2. The maximum atomic E-state index is 13.3. The van der Waals surface area contributed by atoms with Crippen LogP contribution in [0.1, 0.15) is 34.7 Å². The van der Waals surface area contributed by atoms with Crippen molar-refractivity contribution in [1.82, 2.24) is 14.8 Å². The van der Waals surface area contributed by atoms with Crippen molar-refractivity contribution in [2.45, 2.75) is 37.8 Å². The van der Waals surface area contributed by atoms with Crippen LogP contribution in [0, 0.1) is 29.8 Å². The van der Waals surface area contributed by atoms with Crippen molar-refractivity contribution in [3.05, 3.63) is 104 Å². The second-order valence-electron chi connectivity index (χ2n) is 8.50. The Morgan fingerprint density at radius 1 is 1.08 bits per heavy atom. The van der Waals surface area contributed by atoms with Gasteiger partial charge in [0, 0.05) is 10.6 Å². The lowest BCUT2D eigenvalue weighted by atomic mass is 10.1. The molecule has 198 valence electrons. The number of ether oxygens (including phenoxy) is 2. The first-order valence-electron chi connectivity index (χ1n) is 11.9. The summed E-state index contributed by atoms with van der Waals surface area (Å²) in [6, 6.07) is 17.5. The van der Waals surface area contributed by atoms with Crippen LogP contribution in [-0.4, -0.2) is 32.8 Å². The van der Waals surface area contributed by atoms with Gasteiger partial charge in [-0.2, -0.15) is 0 Å². The van der Waals surface area contributed by atoms with Gasteiger partial charge in [-0.05, 0) is 84.2 Å². The zero-order chi connectivity index (χ0) is 27.2. The quantitative estimate of drug-likeness (QED) is 0.105. The third-order valence-electron chi connectivity index (χ3n) is 5.65. The molecule has 0 aliphatic heterocycles. The van der Waals surface area contributed by atoms with E-state index < -0.39 is 5.25 Å². The van der Waals surface area contributed by atoms with Crippen LogP contribution in [0.2, 0.25) is 0 Å². The summed E-state index contributed by atoms with van der Waals surface area (Å²) in [6.07, 6.45) is 0. The number of benzene rings is 3. The van der Waals surface area contributed by atoms with Gasteiger partial charge in [-0.15, -0.1) is 10.2 Å². The number of hydrogen-bond acceptors (Lipinski definition) is 7. The van der Waals surface area contributed by atoms with Gasteiger partial charge in [0.05, 0.1) is 11.1 Å². The molecule has 3 aromatic carbocycles. The molecule has 11 heteroatoms. The monoisotopic (exact) mass is 600 g/mol. The highest BCUT2D eigenvalue weighted by atomic mass is 79.9. The Balaban J connectivity index is 1.66. The van der Waals surface area contributed by atoms with Gasteiger partial charge in [0.15, 0.2) is 16.7 Å². The average Bonchev–Trinajstić information content (AvgIpc) is 3.24. The lowest BCUT2D eigenvalue weighted by Crippen LogP contribution is -2.12. The number of hydrogen-bond donors (Lipinski definition) is 0. The zero-order valence-corrected chi connectivity index (χ0v) is 23.5. The highest BCUT2D eigenvalue weighted by Gasteiger charge is 2.26. The summed E-state index contributed by atoms with van der Waals surface area (Å²) in [4.78, 5) is 11.3. The van der Waals surface area contributed by atoms with Gasteiger partial charge < -0.3 is 9.47 Å². The van der Waals surface area contributed by atoms with E-state index in [4.69, 9.17) is 9.47 Å². The standard InChI is InChI=1S/C27H26BrFN4O4S/c1-4-36-24-14-20(13-23(28)26(24)37-16-19-7-9-21(29)10-8-19)25(15-32(34)35)38-27-31-30-18(3)33(27)22-11-5-17(2)6-12-22/h5-14,25H,4,15-16H2,1-3H3/t25-/m1/s1. The van der Waals surface area contributed by atoms with E-state index in [9.17, 15) is 14.5 Å². The third-order valence-corrected chi connectivity index (χ3v) is 7.42. The molecule has 0 unspecified atom stereocenters. The largest absolute Gasteiger partial charge is 0.490 e. The molecule has 0 saturated heterocycles. The van der Waals surface area contributed by atoms with Crippen LogP contribution < -0.4 is 9.47 Å². The van der Waals surface area contributed by atoms with Crippen molar-refractivity contribution in [2.24, 2.45) is 0 Å². The molecule has 0 fully saturated rings. The van der Waals surface area contributed by atoms with E-state index in [0.29, 0.717) is 39.1 Å². The van der Waals surface area contributed by atoms with Gasteiger partial charge in [-0.25, -0.2) is 4.39 Å². The first kappa shape index (κ1) is 27.6. The van der Waals surface area contributed by atoms with Gasteiger partial charge in [-0.1, -0.05) is 41.6 Å². The molecule has 0 amide bonds. The average molecular weight is 601 g/mol. The van der Waals surface area contributed by atoms with Crippen LogP contribution in [-0.2, 0) is 6.61 Å². The number of halogens is 2. The third kappa shape index (κ3) is 6.70. The Labute approximate surface area is 232 Å². The molecule has 0 spiro atoms. The Bertz CT molecular complexity index is 1410. The maximum absolute atomic E-state index is 13.3. The van der Waals surface area contributed by atoms with E-state index in [1.165, 1.54) is 23.9 Å². The smallest absolute Gasteiger partial charge is 0.220 e. The summed E-state index contributed by atoms with van der Waals surface area (Å²) in [5.41, 5.74) is 3.46. The minimum atomic E-state index is -0.584. The molecule has 1 heterocycles. The molecule has 0 bridgehead atoms. The van der Waals surface area contributed by atoms with Crippen molar-refractivity contribution >= 4 is 27.7 Å². The van der Waals surface area contributed by atoms with Crippen molar-refractivity contribution < 1.29 is 18.8 Å². The van der Waals surface area contributed by atoms with Crippen LogP contribution in [0.15, 0.2) is 70.3 Å². The molecule has 8 nitrogen and oxygen atoms in total. The lowest BCUT2D eigenvalue weighted by Gasteiger charge is -2.19. The number of nitrogens with zero attached hydrogens (tertiary/aromatic N) is 4. The molecular formula is C27H26BrFN4O4S. The van der Waals surface area contributed by atoms with E-state index in [1.54, 1.807) is 24.3 Å². The Morgan fingerprint density at radius 3 is 2.45 bits per heavy atom. The predicted octanol–water partition coefficient (Wildman–Crippen LogP) is 6.87. The molecule has 0 radical (unpaired) electrons. The molecule has 0 aliphatic rings. The van der Waals surface area contributed by atoms with Gasteiger partial charge in [0.2, 0.25) is 6.54 Å². The summed E-state index contributed by atoms with van der Waals surface area (Å²) in [6.45, 7) is 5.93.